The van der Waals surface area contributed by atoms with Crippen LogP contribution in [0.2, 0.25) is 0 Å². The first-order chi connectivity index (χ1) is 22.7. The van der Waals surface area contributed by atoms with Gasteiger partial charge < -0.3 is 36.4 Å². The van der Waals surface area contributed by atoms with Gasteiger partial charge in [-0.25, -0.2) is 9.78 Å². The molecule has 1 aliphatic heterocycles. The number of carbonyl (C=O) groups is 3. The summed E-state index contributed by atoms with van der Waals surface area (Å²) in [5, 5.41) is 20.2. The van der Waals surface area contributed by atoms with Crippen LogP contribution in [0.3, 0.4) is 0 Å². The largest absolute Gasteiger partial charge is 0.480 e. The van der Waals surface area contributed by atoms with Crippen LogP contribution in [0.15, 0.2) is 77.6 Å². The van der Waals surface area contributed by atoms with Crippen molar-refractivity contribution in [2.24, 2.45) is 0 Å². The molecule has 3 aromatic carbocycles. The molecule has 0 spiro atoms. The third-order valence-corrected chi connectivity index (χ3v) is 7.99. The number of rotatable bonds is 10. The number of likely N-dealkylation sites (N-methyl/N-ethyl adjacent to an activating group) is 1. The lowest BCUT2D eigenvalue weighted by Gasteiger charge is -2.35. The van der Waals surface area contributed by atoms with E-state index in [1.54, 1.807) is 43.4 Å². The number of carboxylic acid groups (broad SMARTS) is 1. The predicted octanol–water partition coefficient (Wildman–Crippen LogP) is 2.96. The van der Waals surface area contributed by atoms with Gasteiger partial charge in [-0.05, 0) is 55.0 Å². The van der Waals surface area contributed by atoms with Crippen molar-refractivity contribution >= 4 is 62.8 Å². The number of esters is 1. The first-order valence-electron chi connectivity index (χ1n) is 14.9. The minimum absolute atomic E-state index is 0.0383. The Bertz CT molecular complexity index is 2050. The molecule has 14 nitrogen and oxygen atoms in total. The third-order valence-electron chi connectivity index (χ3n) is 7.99. The molecule has 47 heavy (non-hydrogen) atoms. The van der Waals surface area contributed by atoms with Crippen molar-refractivity contribution in [3.63, 3.8) is 0 Å². The number of ether oxygens (including phenoxy) is 1. The van der Waals surface area contributed by atoms with Gasteiger partial charge in [0.2, 0.25) is 5.95 Å². The molecule has 14 heteroatoms. The molecule has 0 saturated heterocycles. The Hall–Kier alpha value is -6.18. The molecular weight excluding hydrogens is 604 g/mol. The Morgan fingerprint density at radius 3 is 2.62 bits per heavy atom. The molecule has 0 radical (unpaired) electrons. The monoisotopic (exact) mass is 636 g/mol. The zero-order chi connectivity index (χ0) is 33.1. The SMILES string of the molecule is CN1c2c(nc(N)[nH]c2=O)NCC1CNc1ccc(C(=O)N[C@@H](CCC(=O)Oc2cccc3nc4ccccc4cc23)C(=O)O)cc1. The standard InChI is InChI=1S/C33H32N8O6/c1-41-21(17-36-29-28(41)31(44)40-33(34)39-29)16-35-20-11-9-18(10-12-20)30(43)38-25(32(45)46)13-14-27(42)47-26-8-4-7-24-22(26)15-19-5-2-3-6-23(19)37-24/h2-12,15,21,25,35H,13-14,16-17H2,1H3,(H,38,43)(H,45,46)(H4,34,36,39,40,44)/t21?,25-/m0/s1. The summed E-state index contributed by atoms with van der Waals surface area (Å²) in [6.07, 6.45) is -0.399. The number of fused-ring (bicyclic) bond motifs is 3. The number of hydrogen-bond acceptors (Lipinski definition) is 11. The fourth-order valence-electron chi connectivity index (χ4n) is 5.45. The van der Waals surface area contributed by atoms with Crippen LogP contribution in [0.25, 0.3) is 21.8 Å². The lowest BCUT2D eigenvalue weighted by Crippen LogP contribution is -2.48. The highest BCUT2D eigenvalue weighted by atomic mass is 16.5. The van der Waals surface area contributed by atoms with Crippen molar-refractivity contribution in [2.45, 2.75) is 24.9 Å². The number of nitrogen functional groups attached to an aromatic ring is 1. The van der Waals surface area contributed by atoms with E-state index < -0.39 is 23.9 Å². The number of aromatic amines is 1. The average molecular weight is 637 g/mol. The number of hydrogen-bond donors (Lipinski definition) is 6. The molecule has 2 aromatic heterocycles. The number of amides is 1. The number of nitrogens with two attached hydrogens (primary N) is 1. The van der Waals surface area contributed by atoms with Crippen LogP contribution in [0.4, 0.5) is 23.1 Å². The third kappa shape index (κ3) is 6.76. The molecule has 0 aliphatic carbocycles. The maximum absolute atomic E-state index is 12.9. The lowest BCUT2D eigenvalue weighted by atomic mass is 10.1. The molecule has 1 amide bonds. The van der Waals surface area contributed by atoms with Gasteiger partial charge in [-0.15, -0.1) is 0 Å². The van der Waals surface area contributed by atoms with E-state index in [9.17, 15) is 24.3 Å². The Labute approximate surface area is 268 Å². The van der Waals surface area contributed by atoms with E-state index >= 15 is 0 Å². The summed E-state index contributed by atoms with van der Waals surface area (Å²) in [5.41, 5.74) is 8.14. The Balaban J connectivity index is 1.02. The van der Waals surface area contributed by atoms with Crippen LogP contribution >= 0.6 is 0 Å². The highest BCUT2D eigenvalue weighted by Crippen LogP contribution is 2.28. The average Bonchev–Trinajstić information content (AvgIpc) is 3.05. The maximum atomic E-state index is 12.9. The second-order valence-electron chi connectivity index (χ2n) is 11.1. The number of pyridine rings is 1. The molecule has 6 rings (SSSR count). The van der Waals surface area contributed by atoms with Gasteiger partial charge in [0.15, 0.2) is 5.82 Å². The minimum Gasteiger partial charge on any atom is -0.480 e. The smallest absolute Gasteiger partial charge is 0.326 e. The fraction of sp³-hybridized carbons (Fsp3) is 0.212. The number of anilines is 4. The van der Waals surface area contributed by atoms with Gasteiger partial charge in [0.25, 0.3) is 11.5 Å². The van der Waals surface area contributed by atoms with Crippen LogP contribution in [0.1, 0.15) is 23.2 Å². The quantitative estimate of drug-likeness (QED) is 0.0744. The molecule has 240 valence electrons. The maximum Gasteiger partial charge on any atom is 0.326 e. The predicted molar refractivity (Wildman–Crippen MR) is 178 cm³/mol. The van der Waals surface area contributed by atoms with Crippen molar-refractivity contribution in [2.75, 3.05) is 41.4 Å². The van der Waals surface area contributed by atoms with E-state index in [0.717, 1.165) is 16.6 Å². The Kier molecular flexibility index (Phi) is 8.56. The van der Waals surface area contributed by atoms with Gasteiger partial charge in [-0.1, -0.05) is 24.3 Å². The van der Waals surface area contributed by atoms with Crippen LogP contribution in [-0.2, 0) is 9.59 Å². The second kappa shape index (κ2) is 13.0. The second-order valence-corrected chi connectivity index (χ2v) is 11.1. The molecule has 0 fully saturated rings. The molecule has 1 aliphatic rings. The van der Waals surface area contributed by atoms with Crippen molar-refractivity contribution < 1.29 is 24.2 Å². The summed E-state index contributed by atoms with van der Waals surface area (Å²) in [6.45, 7) is 0.995. The summed E-state index contributed by atoms with van der Waals surface area (Å²) < 4.78 is 5.59. The minimum atomic E-state index is -1.31. The number of carboxylic acids is 1. The van der Waals surface area contributed by atoms with Crippen molar-refractivity contribution in [1.29, 1.82) is 0 Å². The van der Waals surface area contributed by atoms with Gasteiger partial charge in [0.1, 0.15) is 17.5 Å². The van der Waals surface area contributed by atoms with Crippen LogP contribution in [-0.4, -0.2) is 70.1 Å². The van der Waals surface area contributed by atoms with Gasteiger partial charge in [0, 0.05) is 48.6 Å². The molecule has 1 unspecified atom stereocenters. The van der Waals surface area contributed by atoms with Gasteiger partial charge >= 0.3 is 11.9 Å². The van der Waals surface area contributed by atoms with Crippen LogP contribution in [0, 0.1) is 0 Å². The molecule has 7 N–H and O–H groups in total. The van der Waals surface area contributed by atoms with E-state index in [-0.39, 0.29) is 36.0 Å². The first-order valence-corrected chi connectivity index (χ1v) is 14.9. The number of aliphatic carboxylic acids is 1. The zero-order valence-corrected chi connectivity index (χ0v) is 25.3. The van der Waals surface area contributed by atoms with Crippen LogP contribution in [0.5, 0.6) is 5.75 Å². The number of benzene rings is 3. The van der Waals surface area contributed by atoms with E-state index in [1.807, 2.05) is 41.3 Å². The highest BCUT2D eigenvalue weighted by Gasteiger charge is 2.27. The van der Waals surface area contributed by atoms with E-state index in [1.165, 1.54) is 0 Å². The molecule has 3 heterocycles. The number of nitrogens with one attached hydrogen (secondary N) is 4. The van der Waals surface area contributed by atoms with Gasteiger partial charge in [-0.2, -0.15) is 4.98 Å². The van der Waals surface area contributed by atoms with Crippen molar-refractivity contribution in [3.05, 3.63) is 88.7 Å². The van der Waals surface area contributed by atoms with Gasteiger partial charge in [0.05, 0.1) is 17.1 Å². The fourth-order valence-corrected chi connectivity index (χ4v) is 5.45. The van der Waals surface area contributed by atoms with Gasteiger partial charge in [-0.3, -0.25) is 19.4 Å². The van der Waals surface area contributed by atoms with Crippen molar-refractivity contribution in [3.8, 4) is 5.75 Å². The lowest BCUT2D eigenvalue weighted by molar-refractivity contribution is -0.140. The molecular formula is C33H32N8O6. The molecule has 0 saturated carbocycles. The number of carbonyl (C=O) groups excluding carboxylic acids is 2. The molecule has 0 bridgehead atoms. The summed E-state index contributed by atoms with van der Waals surface area (Å²) in [5.74, 6) is -1.71. The van der Waals surface area contributed by atoms with E-state index in [4.69, 9.17) is 10.5 Å². The summed E-state index contributed by atoms with van der Waals surface area (Å²) in [6, 6.07) is 19.8. The molecule has 5 aromatic rings. The topological polar surface area (TPSA) is 205 Å². The molecule has 2 atom stereocenters. The number of aromatic nitrogens is 3. The number of nitrogens with zero attached hydrogens (tertiary/aromatic N) is 3. The van der Waals surface area contributed by atoms with E-state index in [0.29, 0.717) is 41.2 Å². The highest BCUT2D eigenvalue weighted by molar-refractivity contribution is 5.98. The normalized spacial score (nSPS) is 14.6. The Morgan fingerprint density at radius 1 is 1.06 bits per heavy atom. The van der Waals surface area contributed by atoms with E-state index in [2.05, 4.69) is 30.9 Å². The first kappa shape index (κ1) is 30.8. The number of para-hydroxylation sites is 1. The number of H-pyrrole nitrogens is 1. The van der Waals surface area contributed by atoms with Crippen LogP contribution < -0.4 is 36.9 Å². The summed E-state index contributed by atoms with van der Waals surface area (Å²) >= 11 is 0. The zero-order valence-electron chi connectivity index (χ0n) is 25.3. The summed E-state index contributed by atoms with van der Waals surface area (Å²) in [4.78, 5) is 63.1. The van der Waals surface area contributed by atoms with Crippen molar-refractivity contribution in [1.82, 2.24) is 20.3 Å². The Morgan fingerprint density at radius 2 is 1.83 bits per heavy atom. The summed E-state index contributed by atoms with van der Waals surface area (Å²) in [7, 11) is 1.80.